The summed E-state index contributed by atoms with van der Waals surface area (Å²) >= 11 is 0. The number of rotatable bonds is 3. The highest BCUT2D eigenvalue weighted by Crippen LogP contribution is 2.33. The number of fused-ring (bicyclic) bond motifs is 1. The predicted octanol–water partition coefficient (Wildman–Crippen LogP) is 2.39. The van der Waals surface area contributed by atoms with E-state index in [1.165, 1.54) is 18.9 Å². The molecule has 1 aromatic rings. The van der Waals surface area contributed by atoms with Gasteiger partial charge in [-0.1, -0.05) is 26.7 Å². The fourth-order valence-corrected chi connectivity index (χ4v) is 5.11. The van der Waals surface area contributed by atoms with Crippen LogP contribution in [0, 0.1) is 11.3 Å². The van der Waals surface area contributed by atoms with Crippen molar-refractivity contribution in [1.29, 1.82) is 0 Å². The molecule has 1 aliphatic heterocycles. The molecule has 1 saturated carbocycles. The van der Waals surface area contributed by atoms with Gasteiger partial charge in [0.25, 0.3) is 11.5 Å². The number of piperazine rings is 1. The van der Waals surface area contributed by atoms with Crippen LogP contribution in [0.2, 0.25) is 0 Å². The highest BCUT2D eigenvalue weighted by Gasteiger charge is 2.34. The fraction of sp³-hybridized carbons (Fsp3) is 0.652. The number of carbonyl (C=O) groups is 3. The van der Waals surface area contributed by atoms with Gasteiger partial charge in [-0.2, -0.15) is 0 Å². The van der Waals surface area contributed by atoms with Gasteiger partial charge < -0.3 is 14.8 Å². The van der Waals surface area contributed by atoms with Crippen LogP contribution in [-0.4, -0.2) is 58.6 Å². The topological polar surface area (TPSA) is 90.6 Å². The van der Waals surface area contributed by atoms with Gasteiger partial charge in [-0.15, -0.1) is 0 Å². The molecule has 0 spiro atoms. The first-order valence-corrected chi connectivity index (χ1v) is 11.1. The zero-order valence-electron chi connectivity index (χ0n) is 18.0. The van der Waals surface area contributed by atoms with Crippen LogP contribution in [0.25, 0.3) is 0 Å². The molecular weight excluding hydrogens is 382 g/mol. The Labute approximate surface area is 176 Å². The smallest absolute Gasteiger partial charge is 0.261 e. The molecule has 0 atom stereocenters. The van der Waals surface area contributed by atoms with Gasteiger partial charge in [-0.05, 0) is 36.7 Å². The summed E-state index contributed by atoms with van der Waals surface area (Å²) in [7, 11) is 0. The molecule has 3 aliphatic rings. The van der Waals surface area contributed by atoms with Crippen molar-refractivity contribution in [2.45, 2.75) is 58.8 Å². The van der Waals surface area contributed by atoms with Gasteiger partial charge in [0.2, 0.25) is 5.91 Å². The molecule has 0 radical (unpaired) electrons. The minimum absolute atomic E-state index is 0.0209. The van der Waals surface area contributed by atoms with Crippen molar-refractivity contribution in [3.63, 3.8) is 0 Å². The van der Waals surface area contributed by atoms with Crippen molar-refractivity contribution < 1.29 is 14.4 Å². The highest BCUT2D eigenvalue weighted by atomic mass is 16.2. The summed E-state index contributed by atoms with van der Waals surface area (Å²) in [6.07, 6.45) is 6.34. The number of Topliss-reactive ketones (excluding diaryl/α,β-unsaturated/α-hetero) is 1. The van der Waals surface area contributed by atoms with Crippen LogP contribution in [-0.2, 0) is 11.2 Å². The summed E-state index contributed by atoms with van der Waals surface area (Å²) in [6, 6.07) is 1.48. The quantitative estimate of drug-likeness (QED) is 0.824. The Hall–Kier alpha value is -2.44. The molecule has 2 heterocycles. The van der Waals surface area contributed by atoms with Gasteiger partial charge in [-0.25, -0.2) is 0 Å². The van der Waals surface area contributed by atoms with E-state index < -0.39 is 5.56 Å². The molecule has 0 aromatic carbocycles. The summed E-state index contributed by atoms with van der Waals surface area (Å²) in [6.45, 7) is 5.80. The first kappa shape index (κ1) is 20.8. The number of pyridine rings is 1. The van der Waals surface area contributed by atoms with E-state index in [2.05, 4.69) is 4.98 Å². The molecule has 7 heteroatoms. The second kappa shape index (κ2) is 8.00. The minimum Gasteiger partial charge on any atom is -0.339 e. The van der Waals surface area contributed by atoms with E-state index in [1.54, 1.807) is 4.90 Å². The Kier molecular flexibility index (Phi) is 5.55. The molecular formula is C23H31N3O4. The van der Waals surface area contributed by atoms with Crippen LogP contribution in [0.15, 0.2) is 10.9 Å². The maximum absolute atomic E-state index is 13.0. The van der Waals surface area contributed by atoms with Crippen LogP contribution in [0.5, 0.6) is 0 Å². The number of hydrogen-bond acceptors (Lipinski definition) is 4. The molecule has 30 heavy (non-hydrogen) atoms. The number of carbonyl (C=O) groups excluding carboxylic acids is 3. The Morgan fingerprint density at radius 1 is 1.03 bits per heavy atom. The molecule has 7 nitrogen and oxygen atoms in total. The molecule has 2 aliphatic carbocycles. The fourth-order valence-electron chi connectivity index (χ4n) is 5.11. The number of ketones is 1. The van der Waals surface area contributed by atoms with E-state index in [-0.39, 0.29) is 28.6 Å². The summed E-state index contributed by atoms with van der Waals surface area (Å²) < 4.78 is 0. The van der Waals surface area contributed by atoms with Crippen LogP contribution in [0.4, 0.5) is 0 Å². The number of aromatic amines is 1. The molecule has 0 unspecified atom stereocenters. The first-order chi connectivity index (χ1) is 14.2. The van der Waals surface area contributed by atoms with Gasteiger partial charge in [0, 0.05) is 50.3 Å². The summed E-state index contributed by atoms with van der Waals surface area (Å²) in [5, 5.41) is 0. The lowest BCUT2D eigenvalue weighted by Gasteiger charge is -2.35. The SMILES string of the molecule is CC1(C)CC(=O)c2cc(C(=O)N3CCN(C(=O)CC4CCCC4)CC3)c(=O)[nH]c2C1. The largest absolute Gasteiger partial charge is 0.339 e. The average Bonchev–Trinajstić information content (AvgIpc) is 3.19. The maximum atomic E-state index is 13.0. The van der Waals surface area contributed by atoms with Crippen molar-refractivity contribution in [2.24, 2.45) is 11.3 Å². The molecule has 1 N–H and O–H groups in total. The van der Waals surface area contributed by atoms with E-state index in [0.717, 1.165) is 12.8 Å². The molecule has 2 amide bonds. The molecule has 162 valence electrons. The van der Waals surface area contributed by atoms with Gasteiger partial charge in [0.05, 0.1) is 0 Å². The maximum Gasteiger partial charge on any atom is 0.261 e. The number of nitrogens with one attached hydrogen (secondary N) is 1. The monoisotopic (exact) mass is 413 g/mol. The summed E-state index contributed by atoms with van der Waals surface area (Å²) in [4.78, 5) is 56.9. The van der Waals surface area contributed by atoms with Gasteiger partial charge in [0.15, 0.2) is 5.78 Å². The Bertz CT molecular complexity index is 919. The van der Waals surface area contributed by atoms with Crippen molar-refractivity contribution in [3.05, 3.63) is 33.2 Å². The van der Waals surface area contributed by atoms with Crippen molar-refractivity contribution in [1.82, 2.24) is 14.8 Å². The molecule has 1 saturated heterocycles. The van der Waals surface area contributed by atoms with E-state index in [9.17, 15) is 19.2 Å². The zero-order valence-corrected chi connectivity index (χ0v) is 18.0. The first-order valence-electron chi connectivity index (χ1n) is 11.1. The lowest BCUT2D eigenvalue weighted by Crippen LogP contribution is -2.51. The van der Waals surface area contributed by atoms with Crippen molar-refractivity contribution in [3.8, 4) is 0 Å². The lowest BCUT2D eigenvalue weighted by molar-refractivity contribution is -0.133. The van der Waals surface area contributed by atoms with Gasteiger partial charge >= 0.3 is 0 Å². The summed E-state index contributed by atoms with van der Waals surface area (Å²) in [5.41, 5.74) is 0.471. The number of H-pyrrole nitrogens is 1. The Morgan fingerprint density at radius 3 is 2.33 bits per heavy atom. The molecule has 4 rings (SSSR count). The number of aromatic nitrogens is 1. The number of hydrogen-bond donors (Lipinski definition) is 1. The van der Waals surface area contributed by atoms with Crippen LogP contribution >= 0.6 is 0 Å². The van der Waals surface area contributed by atoms with E-state index in [1.807, 2.05) is 18.7 Å². The van der Waals surface area contributed by atoms with Gasteiger partial charge in [-0.3, -0.25) is 19.2 Å². The minimum atomic E-state index is -0.441. The third kappa shape index (κ3) is 4.20. The molecule has 2 fully saturated rings. The van der Waals surface area contributed by atoms with E-state index in [4.69, 9.17) is 0 Å². The molecule has 1 aromatic heterocycles. The zero-order chi connectivity index (χ0) is 21.5. The third-order valence-corrected chi connectivity index (χ3v) is 6.81. The average molecular weight is 414 g/mol. The normalized spacial score (nSPS) is 21.6. The Balaban J connectivity index is 1.42. The van der Waals surface area contributed by atoms with Crippen LogP contribution in [0.1, 0.15) is 78.8 Å². The lowest BCUT2D eigenvalue weighted by atomic mass is 9.75. The molecule has 0 bridgehead atoms. The summed E-state index contributed by atoms with van der Waals surface area (Å²) in [5.74, 6) is 0.288. The van der Waals surface area contributed by atoms with Crippen molar-refractivity contribution in [2.75, 3.05) is 26.2 Å². The number of nitrogens with zero attached hydrogens (tertiary/aromatic N) is 2. The Morgan fingerprint density at radius 2 is 1.67 bits per heavy atom. The predicted molar refractivity (Wildman–Crippen MR) is 113 cm³/mol. The van der Waals surface area contributed by atoms with Crippen LogP contribution in [0.3, 0.4) is 0 Å². The number of amides is 2. The van der Waals surface area contributed by atoms with Crippen molar-refractivity contribution >= 4 is 17.6 Å². The van der Waals surface area contributed by atoms with E-state index in [0.29, 0.717) is 62.6 Å². The standard InChI is InChI=1S/C23H31N3O4/c1-23(2)13-18-16(19(27)14-23)12-17(21(29)24-18)22(30)26-9-7-25(8-10-26)20(28)11-15-5-3-4-6-15/h12,15H,3-11,13-14H2,1-2H3,(H,24,29). The second-order valence-electron chi connectivity index (χ2n) is 9.87. The third-order valence-electron chi connectivity index (χ3n) is 6.81. The van der Waals surface area contributed by atoms with Crippen LogP contribution < -0.4 is 5.56 Å². The van der Waals surface area contributed by atoms with Gasteiger partial charge in [0.1, 0.15) is 5.56 Å². The van der Waals surface area contributed by atoms with E-state index >= 15 is 0 Å². The second-order valence-corrected chi connectivity index (χ2v) is 9.87. The highest BCUT2D eigenvalue weighted by molar-refractivity contribution is 6.02.